The standard InChI is InChI=1S/C23H28N6OS/c1-5-7-17(8-6-2)29-21-16(14-28(3)23(29)30)13-24-19-10-9-18(27-20(19)21)15-11-25-22(31-4)26-12-15/h9-13,17H,5-8,14H2,1-4H3. The van der Waals surface area contributed by atoms with Crippen LogP contribution in [0, 0.1) is 0 Å². The van der Waals surface area contributed by atoms with E-state index in [-0.39, 0.29) is 12.1 Å². The average molecular weight is 437 g/mol. The molecule has 0 radical (unpaired) electrons. The number of hydrogen-bond acceptors (Lipinski definition) is 6. The van der Waals surface area contributed by atoms with Crippen LogP contribution in [0.15, 0.2) is 35.9 Å². The number of fused-ring (bicyclic) bond motifs is 3. The summed E-state index contributed by atoms with van der Waals surface area (Å²) in [5.41, 5.74) is 5.13. The number of nitrogens with zero attached hydrogens (tertiary/aromatic N) is 6. The predicted octanol–water partition coefficient (Wildman–Crippen LogP) is 5.15. The van der Waals surface area contributed by atoms with Gasteiger partial charge in [0.05, 0.1) is 23.4 Å². The number of carbonyl (C=O) groups excluding carboxylic acids is 1. The molecule has 3 aromatic heterocycles. The molecule has 7 nitrogen and oxygen atoms in total. The fraction of sp³-hybridized carbons (Fsp3) is 0.435. The Kier molecular flexibility index (Phi) is 6.36. The summed E-state index contributed by atoms with van der Waals surface area (Å²) in [5, 5.41) is 0.727. The normalized spacial score (nSPS) is 13.9. The molecule has 3 aromatic rings. The molecule has 0 spiro atoms. The summed E-state index contributed by atoms with van der Waals surface area (Å²) in [6.07, 6.45) is 11.4. The Hall–Kier alpha value is -2.74. The second-order valence-corrected chi connectivity index (χ2v) is 8.67. The van der Waals surface area contributed by atoms with Crippen molar-refractivity contribution < 1.29 is 4.79 Å². The van der Waals surface area contributed by atoms with Crippen molar-refractivity contribution >= 4 is 34.5 Å². The molecule has 0 fully saturated rings. The average Bonchev–Trinajstić information content (AvgIpc) is 2.79. The van der Waals surface area contributed by atoms with E-state index < -0.39 is 0 Å². The van der Waals surface area contributed by atoms with Gasteiger partial charge in [-0.25, -0.2) is 19.7 Å². The van der Waals surface area contributed by atoms with Crippen molar-refractivity contribution in [2.24, 2.45) is 0 Å². The summed E-state index contributed by atoms with van der Waals surface area (Å²) >= 11 is 1.51. The van der Waals surface area contributed by atoms with E-state index in [9.17, 15) is 4.79 Å². The van der Waals surface area contributed by atoms with Crippen molar-refractivity contribution in [1.29, 1.82) is 0 Å². The first-order chi connectivity index (χ1) is 15.1. The van der Waals surface area contributed by atoms with Gasteiger partial charge in [0.1, 0.15) is 5.52 Å². The minimum absolute atomic E-state index is 0.0340. The number of carbonyl (C=O) groups is 1. The minimum Gasteiger partial charge on any atom is -0.323 e. The molecule has 0 saturated carbocycles. The van der Waals surface area contributed by atoms with Gasteiger partial charge < -0.3 is 4.90 Å². The van der Waals surface area contributed by atoms with Gasteiger partial charge in [-0.05, 0) is 31.2 Å². The number of thioether (sulfide) groups is 1. The van der Waals surface area contributed by atoms with E-state index in [4.69, 9.17) is 4.98 Å². The summed E-state index contributed by atoms with van der Waals surface area (Å²) in [7, 11) is 1.85. The first-order valence-electron chi connectivity index (χ1n) is 10.8. The van der Waals surface area contributed by atoms with Crippen LogP contribution >= 0.6 is 11.8 Å². The predicted molar refractivity (Wildman–Crippen MR) is 125 cm³/mol. The molecule has 31 heavy (non-hydrogen) atoms. The Balaban J connectivity index is 1.89. The third-order valence-corrected chi connectivity index (χ3v) is 6.23. The molecule has 1 aliphatic heterocycles. The largest absolute Gasteiger partial charge is 0.324 e. The summed E-state index contributed by atoms with van der Waals surface area (Å²) in [5.74, 6) is 0. The Morgan fingerprint density at radius 1 is 1.06 bits per heavy atom. The van der Waals surface area contributed by atoms with Crippen LogP contribution in [-0.4, -0.2) is 50.2 Å². The van der Waals surface area contributed by atoms with Crippen molar-refractivity contribution in [3.63, 3.8) is 0 Å². The van der Waals surface area contributed by atoms with E-state index in [1.165, 1.54) is 11.8 Å². The van der Waals surface area contributed by atoms with Crippen LogP contribution in [0.4, 0.5) is 10.5 Å². The molecule has 1 aliphatic rings. The Labute approximate surface area is 187 Å². The highest BCUT2D eigenvalue weighted by molar-refractivity contribution is 7.98. The van der Waals surface area contributed by atoms with Crippen molar-refractivity contribution in [3.8, 4) is 11.3 Å². The Bertz CT molecular complexity index is 1080. The third-order valence-electron chi connectivity index (χ3n) is 5.66. The topological polar surface area (TPSA) is 75.1 Å². The lowest BCUT2D eigenvalue weighted by Crippen LogP contribution is -2.50. The first-order valence-corrected chi connectivity index (χ1v) is 12.0. The zero-order valence-electron chi connectivity index (χ0n) is 18.5. The number of urea groups is 1. The minimum atomic E-state index is 0.0340. The van der Waals surface area contributed by atoms with Gasteiger partial charge in [0.15, 0.2) is 5.16 Å². The lowest BCUT2D eigenvalue weighted by molar-refractivity contribution is 0.206. The highest BCUT2D eigenvalue weighted by Gasteiger charge is 2.35. The number of rotatable bonds is 7. The molecule has 4 rings (SSSR count). The number of pyridine rings is 2. The van der Waals surface area contributed by atoms with Gasteiger partial charge in [0.2, 0.25) is 0 Å². The van der Waals surface area contributed by atoms with Crippen molar-refractivity contribution in [1.82, 2.24) is 24.8 Å². The molecule has 4 heterocycles. The molecular weight excluding hydrogens is 408 g/mol. The molecule has 2 amide bonds. The molecule has 0 atom stereocenters. The molecule has 0 saturated heterocycles. The first kappa shape index (κ1) is 21.5. The number of aromatic nitrogens is 4. The quantitative estimate of drug-likeness (QED) is 0.377. The van der Waals surface area contributed by atoms with Crippen LogP contribution in [0.25, 0.3) is 22.3 Å². The highest BCUT2D eigenvalue weighted by Crippen LogP contribution is 2.37. The van der Waals surface area contributed by atoms with Gasteiger partial charge in [0.25, 0.3) is 0 Å². The fourth-order valence-corrected chi connectivity index (χ4v) is 4.52. The van der Waals surface area contributed by atoms with Gasteiger partial charge in [-0.15, -0.1) is 0 Å². The SMILES string of the molecule is CCCC(CCC)N1C(=O)N(C)Cc2cnc3ccc(-c4cnc(SC)nc4)nc3c21. The zero-order valence-corrected chi connectivity index (χ0v) is 19.3. The number of anilines is 1. The van der Waals surface area contributed by atoms with Crippen molar-refractivity contribution in [3.05, 3.63) is 36.3 Å². The molecule has 0 aliphatic carbocycles. The third kappa shape index (κ3) is 4.08. The second-order valence-electron chi connectivity index (χ2n) is 7.89. The van der Waals surface area contributed by atoms with Gasteiger partial charge in [-0.2, -0.15) is 0 Å². The number of hydrogen-bond donors (Lipinski definition) is 0. The molecule has 0 N–H and O–H groups in total. The molecule has 0 bridgehead atoms. The molecule has 0 aromatic carbocycles. The summed E-state index contributed by atoms with van der Waals surface area (Å²) in [6.45, 7) is 4.87. The maximum atomic E-state index is 13.3. The summed E-state index contributed by atoms with van der Waals surface area (Å²) in [6, 6.07) is 4.09. The van der Waals surface area contributed by atoms with Crippen LogP contribution in [0.1, 0.15) is 45.1 Å². The van der Waals surface area contributed by atoms with E-state index >= 15 is 0 Å². The van der Waals surface area contributed by atoms with Crippen LogP contribution in [0.3, 0.4) is 0 Å². The molecule has 8 heteroatoms. The maximum Gasteiger partial charge on any atom is 0.324 e. The van der Waals surface area contributed by atoms with Crippen molar-refractivity contribution in [2.45, 2.75) is 57.3 Å². The summed E-state index contributed by atoms with van der Waals surface area (Å²) < 4.78 is 0. The lowest BCUT2D eigenvalue weighted by Gasteiger charge is -2.40. The van der Waals surface area contributed by atoms with Crippen LogP contribution < -0.4 is 4.90 Å². The fourth-order valence-electron chi connectivity index (χ4n) is 4.20. The Morgan fingerprint density at radius 2 is 1.77 bits per heavy atom. The Morgan fingerprint density at radius 3 is 2.42 bits per heavy atom. The molecule has 162 valence electrons. The number of amides is 2. The van der Waals surface area contributed by atoms with Gasteiger partial charge >= 0.3 is 6.03 Å². The van der Waals surface area contributed by atoms with Gasteiger partial charge in [0, 0.05) is 42.8 Å². The molecular formula is C23H28N6OS. The smallest absolute Gasteiger partial charge is 0.323 e. The van der Waals surface area contributed by atoms with E-state index in [2.05, 4.69) is 28.8 Å². The van der Waals surface area contributed by atoms with Crippen LogP contribution in [0.2, 0.25) is 0 Å². The van der Waals surface area contributed by atoms with E-state index in [0.29, 0.717) is 6.54 Å². The van der Waals surface area contributed by atoms with Crippen LogP contribution in [-0.2, 0) is 6.54 Å². The second kappa shape index (κ2) is 9.18. The maximum absolute atomic E-state index is 13.3. The monoisotopic (exact) mass is 436 g/mol. The molecule has 0 unspecified atom stereocenters. The van der Waals surface area contributed by atoms with E-state index in [1.807, 2.05) is 36.5 Å². The highest BCUT2D eigenvalue weighted by atomic mass is 32.2. The van der Waals surface area contributed by atoms with Crippen molar-refractivity contribution in [2.75, 3.05) is 18.2 Å². The summed E-state index contributed by atoms with van der Waals surface area (Å²) in [4.78, 5) is 35.4. The zero-order chi connectivity index (χ0) is 22.0. The van der Waals surface area contributed by atoms with Crippen LogP contribution in [0.5, 0.6) is 0 Å². The van der Waals surface area contributed by atoms with Gasteiger partial charge in [-0.1, -0.05) is 38.5 Å². The van der Waals surface area contributed by atoms with Gasteiger partial charge in [-0.3, -0.25) is 9.88 Å². The van der Waals surface area contributed by atoms with E-state index in [0.717, 1.165) is 64.4 Å². The van der Waals surface area contributed by atoms with E-state index in [1.54, 1.807) is 17.3 Å². The lowest BCUT2D eigenvalue weighted by atomic mass is 10.0.